The predicted molar refractivity (Wildman–Crippen MR) is 111 cm³/mol. The molecule has 0 saturated heterocycles. The smallest absolute Gasteiger partial charge is 0.330 e. The number of esters is 1. The van der Waals surface area contributed by atoms with Gasteiger partial charge in [0.1, 0.15) is 5.75 Å². The van der Waals surface area contributed by atoms with E-state index in [1.165, 1.54) is 22.4 Å². The van der Waals surface area contributed by atoms with Crippen LogP contribution in [0.1, 0.15) is 23.6 Å². The van der Waals surface area contributed by atoms with Gasteiger partial charge >= 0.3 is 5.97 Å². The van der Waals surface area contributed by atoms with E-state index in [0.717, 1.165) is 17.5 Å². The molecule has 0 saturated carbocycles. The largest absolute Gasteiger partial charge is 0.493 e. The SMILES string of the molecule is CCOC(=O)C=Cc1ccc(CO)cc1OCCc1ccc2ccccc2c1. The summed E-state index contributed by atoms with van der Waals surface area (Å²) in [5.74, 6) is 0.240. The summed E-state index contributed by atoms with van der Waals surface area (Å²) in [7, 11) is 0. The van der Waals surface area contributed by atoms with Crippen LogP contribution in [0.5, 0.6) is 5.75 Å². The summed E-state index contributed by atoms with van der Waals surface area (Å²) in [6, 6.07) is 20.1. The average Bonchev–Trinajstić information content (AvgIpc) is 2.73. The van der Waals surface area contributed by atoms with Crippen LogP contribution in [0.3, 0.4) is 0 Å². The molecule has 28 heavy (non-hydrogen) atoms. The lowest BCUT2D eigenvalue weighted by Gasteiger charge is -2.11. The standard InChI is InChI=1S/C24H24O4/c1-2-27-24(26)12-11-21-10-8-19(17-25)16-23(21)28-14-13-18-7-9-20-5-3-4-6-22(20)15-18/h3-12,15-16,25H,2,13-14,17H2,1H3. The van der Waals surface area contributed by atoms with Crippen molar-refractivity contribution >= 4 is 22.8 Å². The highest BCUT2D eigenvalue weighted by molar-refractivity contribution is 5.87. The molecule has 0 aliphatic heterocycles. The first-order valence-electron chi connectivity index (χ1n) is 9.38. The first-order valence-corrected chi connectivity index (χ1v) is 9.38. The Balaban J connectivity index is 1.70. The molecule has 144 valence electrons. The van der Waals surface area contributed by atoms with E-state index in [2.05, 4.69) is 30.3 Å². The monoisotopic (exact) mass is 376 g/mol. The van der Waals surface area contributed by atoms with Gasteiger partial charge < -0.3 is 14.6 Å². The van der Waals surface area contributed by atoms with Crippen molar-refractivity contribution in [1.29, 1.82) is 0 Å². The molecule has 0 radical (unpaired) electrons. The van der Waals surface area contributed by atoms with Crippen LogP contribution >= 0.6 is 0 Å². The second-order valence-electron chi connectivity index (χ2n) is 6.40. The number of carbonyl (C=O) groups is 1. The molecule has 0 spiro atoms. The van der Waals surface area contributed by atoms with Crippen LogP contribution in [-0.4, -0.2) is 24.3 Å². The van der Waals surface area contributed by atoms with Gasteiger partial charge in [0.15, 0.2) is 0 Å². The van der Waals surface area contributed by atoms with Gasteiger partial charge in [0.25, 0.3) is 0 Å². The van der Waals surface area contributed by atoms with Gasteiger partial charge in [0.2, 0.25) is 0 Å². The normalized spacial score (nSPS) is 11.1. The maximum Gasteiger partial charge on any atom is 0.330 e. The second kappa shape index (κ2) is 9.72. The Morgan fingerprint density at radius 3 is 2.57 bits per heavy atom. The Morgan fingerprint density at radius 2 is 1.79 bits per heavy atom. The first-order chi connectivity index (χ1) is 13.7. The zero-order chi connectivity index (χ0) is 19.8. The Bertz CT molecular complexity index is 975. The number of aliphatic hydroxyl groups is 1. The van der Waals surface area contributed by atoms with Gasteiger partial charge in [0, 0.05) is 18.1 Å². The summed E-state index contributed by atoms with van der Waals surface area (Å²) in [6.45, 7) is 2.53. The lowest BCUT2D eigenvalue weighted by atomic mass is 10.1. The molecule has 4 heteroatoms. The Hall–Kier alpha value is -3.11. The summed E-state index contributed by atoms with van der Waals surface area (Å²) < 4.78 is 10.9. The highest BCUT2D eigenvalue weighted by Gasteiger charge is 2.05. The molecule has 0 unspecified atom stereocenters. The van der Waals surface area contributed by atoms with Crippen LogP contribution in [0.2, 0.25) is 0 Å². The van der Waals surface area contributed by atoms with E-state index in [-0.39, 0.29) is 6.61 Å². The molecular formula is C24H24O4. The fourth-order valence-electron chi connectivity index (χ4n) is 2.96. The van der Waals surface area contributed by atoms with Gasteiger partial charge in [-0.05, 0) is 41.0 Å². The van der Waals surface area contributed by atoms with Gasteiger partial charge in [-0.2, -0.15) is 0 Å². The molecule has 0 atom stereocenters. The lowest BCUT2D eigenvalue weighted by molar-refractivity contribution is -0.137. The van der Waals surface area contributed by atoms with Crippen molar-refractivity contribution in [3.63, 3.8) is 0 Å². The third-order valence-corrected chi connectivity index (χ3v) is 4.41. The molecule has 0 fully saturated rings. The molecule has 4 nitrogen and oxygen atoms in total. The number of ether oxygens (including phenoxy) is 2. The summed E-state index contributed by atoms with van der Waals surface area (Å²) in [4.78, 5) is 11.6. The Labute approximate surface area is 165 Å². The fourth-order valence-corrected chi connectivity index (χ4v) is 2.96. The van der Waals surface area contributed by atoms with E-state index in [4.69, 9.17) is 9.47 Å². The lowest BCUT2D eigenvalue weighted by Crippen LogP contribution is -2.03. The van der Waals surface area contributed by atoms with E-state index in [1.54, 1.807) is 25.1 Å². The molecule has 3 aromatic rings. The minimum atomic E-state index is -0.393. The van der Waals surface area contributed by atoms with Gasteiger partial charge in [-0.3, -0.25) is 0 Å². The van der Waals surface area contributed by atoms with Crippen molar-refractivity contribution in [3.8, 4) is 5.75 Å². The van der Waals surface area contributed by atoms with Crippen LogP contribution in [-0.2, 0) is 22.6 Å². The van der Waals surface area contributed by atoms with E-state index in [0.29, 0.717) is 19.0 Å². The third-order valence-electron chi connectivity index (χ3n) is 4.41. The number of carbonyl (C=O) groups excluding carboxylic acids is 1. The summed E-state index contributed by atoms with van der Waals surface area (Å²) >= 11 is 0. The van der Waals surface area contributed by atoms with Crippen molar-refractivity contribution in [3.05, 3.63) is 83.4 Å². The second-order valence-corrected chi connectivity index (χ2v) is 6.40. The number of rotatable bonds is 8. The molecule has 0 aromatic heterocycles. The maximum absolute atomic E-state index is 11.6. The molecule has 3 rings (SSSR count). The Morgan fingerprint density at radius 1 is 1.00 bits per heavy atom. The van der Waals surface area contributed by atoms with Crippen molar-refractivity contribution in [1.82, 2.24) is 0 Å². The number of fused-ring (bicyclic) bond motifs is 1. The maximum atomic E-state index is 11.6. The summed E-state index contributed by atoms with van der Waals surface area (Å²) in [5.41, 5.74) is 2.72. The van der Waals surface area contributed by atoms with Crippen molar-refractivity contribution < 1.29 is 19.4 Å². The number of aliphatic hydroxyl groups excluding tert-OH is 1. The zero-order valence-corrected chi connectivity index (χ0v) is 15.9. The Kier molecular flexibility index (Phi) is 6.82. The van der Waals surface area contributed by atoms with Crippen molar-refractivity contribution in [2.45, 2.75) is 20.0 Å². The highest BCUT2D eigenvalue weighted by Crippen LogP contribution is 2.23. The number of hydrogen-bond donors (Lipinski definition) is 1. The fraction of sp³-hybridized carbons (Fsp3) is 0.208. The first kappa shape index (κ1) is 19.6. The van der Waals surface area contributed by atoms with Crippen molar-refractivity contribution in [2.75, 3.05) is 13.2 Å². The topological polar surface area (TPSA) is 55.8 Å². The van der Waals surface area contributed by atoms with Crippen LogP contribution in [0, 0.1) is 0 Å². The molecule has 0 bridgehead atoms. The van der Waals surface area contributed by atoms with Crippen LogP contribution in [0.4, 0.5) is 0 Å². The minimum absolute atomic E-state index is 0.0666. The molecule has 3 aromatic carbocycles. The number of hydrogen-bond acceptors (Lipinski definition) is 4. The van der Waals surface area contributed by atoms with Crippen molar-refractivity contribution in [2.24, 2.45) is 0 Å². The zero-order valence-electron chi connectivity index (χ0n) is 15.9. The van der Waals surface area contributed by atoms with E-state index < -0.39 is 5.97 Å². The van der Waals surface area contributed by atoms with Crippen LogP contribution in [0.25, 0.3) is 16.8 Å². The van der Waals surface area contributed by atoms with E-state index >= 15 is 0 Å². The van der Waals surface area contributed by atoms with Crippen LogP contribution < -0.4 is 4.74 Å². The van der Waals surface area contributed by atoms with Gasteiger partial charge in [-0.1, -0.05) is 54.6 Å². The van der Waals surface area contributed by atoms with Crippen LogP contribution in [0.15, 0.2) is 66.7 Å². The van der Waals surface area contributed by atoms with Gasteiger partial charge in [-0.25, -0.2) is 4.79 Å². The number of benzene rings is 3. The molecule has 0 aliphatic carbocycles. The van der Waals surface area contributed by atoms with Gasteiger partial charge in [-0.15, -0.1) is 0 Å². The molecule has 1 N–H and O–H groups in total. The third kappa shape index (κ3) is 5.21. The summed E-state index contributed by atoms with van der Waals surface area (Å²) in [6.07, 6.45) is 3.81. The summed E-state index contributed by atoms with van der Waals surface area (Å²) in [5, 5.41) is 11.8. The van der Waals surface area contributed by atoms with E-state index in [9.17, 15) is 9.90 Å². The minimum Gasteiger partial charge on any atom is -0.493 e. The highest BCUT2D eigenvalue weighted by atomic mass is 16.5. The molecule has 0 aliphatic rings. The predicted octanol–water partition coefficient (Wildman–Crippen LogP) is 4.53. The quantitative estimate of drug-likeness (QED) is 0.464. The molecule has 0 amide bonds. The average molecular weight is 376 g/mol. The van der Waals surface area contributed by atoms with Gasteiger partial charge in [0.05, 0.1) is 19.8 Å². The molecule has 0 heterocycles. The van der Waals surface area contributed by atoms with E-state index in [1.807, 2.05) is 18.2 Å². The molecular weight excluding hydrogens is 352 g/mol.